The van der Waals surface area contributed by atoms with Crippen LogP contribution in [0.1, 0.15) is 29.1 Å². The Morgan fingerprint density at radius 1 is 1.44 bits per heavy atom. The standard InChI is InChI=1S/C12H15N5O/c1-8(13)10-4-3-9(7-15-10)17-6-5-11(16-17)12(18)14-2/h3-8H,13H2,1-2H3,(H,14,18)/t8-/m1/s1. The number of hydrogen-bond donors (Lipinski definition) is 2. The molecule has 0 aliphatic rings. The molecule has 0 unspecified atom stereocenters. The summed E-state index contributed by atoms with van der Waals surface area (Å²) in [5.74, 6) is -0.214. The number of amides is 1. The number of pyridine rings is 1. The summed E-state index contributed by atoms with van der Waals surface area (Å²) < 4.78 is 1.60. The molecule has 2 rings (SSSR count). The van der Waals surface area contributed by atoms with E-state index in [0.29, 0.717) is 5.69 Å². The van der Waals surface area contributed by atoms with Crippen molar-refractivity contribution in [3.8, 4) is 5.69 Å². The van der Waals surface area contributed by atoms with Crippen LogP contribution >= 0.6 is 0 Å². The van der Waals surface area contributed by atoms with Crippen LogP contribution in [0.25, 0.3) is 5.69 Å². The van der Waals surface area contributed by atoms with Crippen molar-refractivity contribution in [1.29, 1.82) is 0 Å². The molecule has 0 bridgehead atoms. The van der Waals surface area contributed by atoms with Crippen molar-refractivity contribution in [3.05, 3.63) is 42.0 Å². The van der Waals surface area contributed by atoms with Gasteiger partial charge in [-0.05, 0) is 25.1 Å². The molecule has 18 heavy (non-hydrogen) atoms. The summed E-state index contributed by atoms with van der Waals surface area (Å²) in [4.78, 5) is 15.6. The summed E-state index contributed by atoms with van der Waals surface area (Å²) in [6.45, 7) is 1.87. The van der Waals surface area contributed by atoms with E-state index in [-0.39, 0.29) is 11.9 Å². The van der Waals surface area contributed by atoms with Gasteiger partial charge < -0.3 is 11.1 Å². The minimum absolute atomic E-state index is 0.0990. The third-order valence-corrected chi connectivity index (χ3v) is 2.55. The summed E-state index contributed by atoms with van der Waals surface area (Å²) in [6, 6.07) is 5.27. The van der Waals surface area contributed by atoms with Crippen molar-refractivity contribution in [2.45, 2.75) is 13.0 Å². The Kier molecular flexibility index (Phi) is 3.38. The van der Waals surface area contributed by atoms with E-state index in [9.17, 15) is 4.79 Å². The van der Waals surface area contributed by atoms with Crippen LogP contribution in [0.5, 0.6) is 0 Å². The molecule has 6 heteroatoms. The molecule has 1 atom stereocenters. The van der Waals surface area contributed by atoms with E-state index in [1.54, 1.807) is 30.2 Å². The van der Waals surface area contributed by atoms with Crippen LogP contribution in [0.3, 0.4) is 0 Å². The van der Waals surface area contributed by atoms with E-state index in [1.165, 1.54) is 0 Å². The van der Waals surface area contributed by atoms with Gasteiger partial charge in [-0.2, -0.15) is 5.10 Å². The topological polar surface area (TPSA) is 85.8 Å². The Balaban J connectivity index is 2.26. The lowest BCUT2D eigenvalue weighted by Crippen LogP contribution is -2.18. The quantitative estimate of drug-likeness (QED) is 0.831. The first-order chi connectivity index (χ1) is 8.61. The van der Waals surface area contributed by atoms with Gasteiger partial charge in [0.15, 0.2) is 5.69 Å². The van der Waals surface area contributed by atoms with Gasteiger partial charge in [-0.25, -0.2) is 4.68 Å². The number of nitrogens with one attached hydrogen (secondary N) is 1. The fourth-order valence-electron chi connectivity index (χ4n) is 1.52. The number of nitrogens with two attached hydrogens (primary N) is 1. The maximum atomic E-state index is 11.4. The molecule has 0 saturated carbocycles. The van der Waals surface area contributed by atoms with Gasteiger partial charge in [0, 0.05) is 19.3 Å². The van der Waals surface area contributed by atoms with Crippen molar-refractivity contribution in [2.24, 2.45) is 5.73 Å². The monoisotopic (exact) mass is 245 g/mol. The van der Waals surface area contributed by atoms with E-state index in [1.807, 2.05) is 19.1 Å². The molecule has 2 heterocycles. The molecule has 3 N–H and O–H groups in total. The van der Waals surface area contributed by atoms with Gasteiger partial charge in [-0.1, -0.05) is 0 Å². The van der Waals surface area contributed by atoms with E-state index >= 15 is 0 Å². The highest BCUT2D eigenvalue weighted by Crippen LogP contribution is 2.10. The minimum Gasteiger partial charge on any atom is -0.354 e. The zero-order valence-electron chi connectivity index (χ0n) is 10.3. The van der Waals surface area contributed by atoms with Crippen LogP contribution in [0, 0.1) is 0 Å². The van der Waals surface area contributed by atoms with Crippen molar-refractivity contribution in [1.82, 2.24) is 20.1 Å². The van der Waals surface area contributed by atoms with Gasteiger partial charge in [0.1, 0.15) is 0 Å². The average Bonchev–Trinajstić information content (AvgIpc) is 2.87. The van der Waals surface area contributed by atoms with E-state index in [0.717, 1.165) is 11.4 Å². The van der Waals surface area contributed by atoms with Gasteiger partial charge in [0.2, 0.25) is 0 Å². The Bertz CT molecular complexity index is 544. The third-order valence-electron chi connectivity index (χ3n) is 2.55. The predicted octanol–water partition coefficient (Wildman–Crippen LogP) is 0.647. The van der Waals surface area contributed by atoms with Crippen LogP contribution in [0.4, 0.5) is 0 Å². The molecule has 1 amide bonds. The highest BCUT2D eigenvalue weighted by Gasteiger charge is 2.08. The van der Waals surface area contributed by atoms with Crippen LogP contribution < -0.4 is 11.1 Å². The van der Waals surface area contributed by atoms with Gasteiger partial charge in [0.05, 0.1) is 17.6 Å². The average molecular weight is 245 g/mol. The summed E-state index contributed by atoms with van der Waals surface area (Å²) in [7, 11) is 1.57. The lowest BCUT2D eigenvalue weighted by atomic mass is 10.2. The first kappa shape index (κ1) is 12.3. The maximum Gasteiger partial charge on any atom is 0.271 e. The normalized spacial score (nSPS) is 12.2. The molecule has 2 aromatic rings. The first-order valence-corrected chi connectivity index (χ1v) is 5.61. The molecule has 94 valence electrons. The van der Waals surface area contributed by atoms with Crippen LogP contribution in [-0.2, 0) is 0 Å². The van der Waals surface area contributed by atoms with Crippen LogP contribution in [0.15, 0.2) is 30.6 Å². The first-order valence-electron chi connectivity index (χ1n) is 5.61. The SMILES string of the molecule is CNC(=O)c1ccn(-c2ccc([C@@H](C)N)nc2)n1. The number of nitrogens with zero attached hydrogens (tertiary/aromatic N) is 3. The second-order valence-electron chi connectivity index (χ2n) is 3.95. The van der Waals surface area contributed by atoms with Gasteiger partial charge in [-0.15, -0.1) is 0 Å². The summed E-state index contributed by atoms with van der Waals surface area (Å²) in [6.07, 6.45) is 3.40. The molecule has 0 aromatic carbocycles. The smallest absolute Gasteiger partial charge is 0.271 e. The molecule has 0 radical (unpaired) electrons. The molecule has 0 spiro atoms. The second kappa shape index (κ2) is 4.97. The fourth-order valence-corrected chi connectivity index (χ4v) is 1.52. The summed E-state index contributed by atoms with van der Waals surface area (Å²) >= 11 is 0. The molecule has 0 aliphatic heterocycles. The molecule has 0 aliphatic carbocycles. The second-order valence-corrected chi connectivity index (χ2v) is 3.95. The lowest BCUT2D eigenvalue weighted by Gasteiger charge is -2.05. The van der Waals surface area contributed by atoms with Gasteiger partial charge in [-0.3, -0.25) is 9.78 Å². The summed E-state index contributed by atoms with van der Waals surface area (Å²) in [5.41, 5.74) is 7.70. The highest BCUT2D eigenvalue weighted by molar-refractivity contribution is 5.91. The minimum atomic E-state index is -0.214. The highest BCUT2D eigenvalue weighted by atomic mass is 16.1. The third kappa shape index (κ3) is 2.38. The van der Waals surface area contributed by atoms with E-state index in [2.05, 4.69) is 15.4 Å². The molecular formula is C12H15N5O. The number of aromatic nitrogens is 3. The zero-order valence-corrected chi connectivity index (χ0v) is 10.3. The number of hydrogen-bond acceptors (Lipinski definition) is 4. The van der Waals surface area contributed by atoms with Crippen LogP contribution in [-0.4, -0.2) is 27.7 Å². The number of rotatable bonds is 3. The summed E-state index contributed by atoms with van der Waals surface area (Å²) in [5, 5.41) is 6.68. The van der Waals surface area contributed by atoms with Crippen molar-refractivity contribution in [2.75, 3.05) is 7.05 Å². The number of carbonyl (C=O) groups is 1. The maximum absolute atomic E-state index is 11.4. The van der Waals surface area contributed by atoms with Crippen molar-refractivity contribution in [3.63, 3.8) is 0 Å². The fraction of sp³-hybridized carbons (Fsp3) is 0.250. The van der Waals surface area contributed by atoms with E-state index < -0.39 is 0 Å². The molecular weight excluding hydrogens is 230 g/mol. The van der Waals surface area contributed by atoms with Crippen molar-refractivity contribution >= 4 is 5.91 Å². The Hall–Kier alpha value is -2.21. The Morgan fingerprint density at radius 3 is 2.78 bits per heavy atom. The molecule has 0 fully saturated rings. The molecule has 0 saturated heterocycles. The van der Waals surface area contributed by atoms with Gasteiger partial charge in [0.25, 0.3) is 5.91 Å². The number of carbonyl (C=O) groups excluding carboxylic acids is 1. The Morgan fingerprint density at radius 2 is 2.22 bits per heavy atom. The van der Waals surface area contributed by atoms with Crippen LogP contribution in [0.2, 0.25) is 0 Å². The Labute approximate surface area is 105 Å². The van der Waals surface area contributed by atoms with E-state index in [4.69, 9.17) is 5.73 Å². The van der Waals surface area contributed by atoms with Crippen molar-refractivity contribution < 1.29 is 4.79 Å². The molecule has 2 aromatic heterocycles. The zero-order chi connectivity index (χ0) is 13.1. The predicted molar refractivity (Wildman–Crippen MR) is 67.4 cm³/mol. The molecule has 6 nitrogen and oxygen atoms in total. The van der Waals surface area contributed by atoms with Gasteiger partial charge >= 0.3 is 0 Å². The lowest BCUT2D eigenvalue weighted by molar-refractivity contribution is 0.0957. The largest absolute Gasteiger partial charge is 0.354 e.